The zero-order valence-electron chi connectivity index (χ0n) is 73.0. The van der Waals surface area contributed by atoms with Gasteiger partial charge >= 0.3 is 0 Å². The van der Waals surface area contributed by atoms with Crippen molar-refractivity contribution in [3.8, 4) is 79.4 Å². The Morgan fingerprint density at radius 2 is 0.475 bits per heavy atom. The van der Waals surface area contributed by atoms with Crippen LogP contribution in [0.5, 0.6) is 0 Å². The third kappa shape index (κ3) is 25.4. The summed E-state index contributed by atoms with van der Waals surface area (Å²) in [5.41, 5.74) is 13.7. The van der Waals surface area contributed by atoms with Gasteiger partial charge in [-0.2, -0.15) is 0 Å². The van der Waals surface area contributed by atoms with E-state index in [9.17, 15) is 0 Å². The summed E-state index contributed by atoms with van der Waals surface area (Å²) in [6.07, 6.45) is 68.8. The maximum Gasteiger partial charge on any atom is 0.0481 e. The molecule has 120 heavy (non-hydrogen) atoms. The zero-order chi connectivity index (χ0) is 82.1. The molecule has 0 N–H and O–H groups in total. The summed E-state index contributed by atoms with van der Waals surface area (Å²) in [4.78, 5) is 19.9. The Morgan fingerprint density at radius 3 is 0.783 bits per heavy atom. The van der Waals surface area contributed by atoms with Gasteiger partial charge in [0.2, 0.25) is 0 Å². The lowest BCUT2D eigenvalue weighted by atomic mass is 9.89. The second-order valence-corrected chi connectivity index (χ2v) is 42.8. The molecule has 0 nitrogen and oxygen atoms in total. The van der Waals surface area contributed by atoms with Crippen LogP contribution in [0.1, 0.15) is 329 Å². The summed E-state index contributed by atoms with van der Waals surface area (Å²) < 4.78 is 0. The minimum Gasteiger partial charge on any atom is -0.143 e. The summed E-state index contributed by atoms with van der Waals surface area (Å²) in [7, 11) is 0. The smallest absolute Gasteiger partial charge is 0.0481 e. The lowest BCUT2D eigenvalue weighted by molar-refractivity contribution is 0.556. The molecule has 0 aliphatic heterocycles. The minimum atomic E-state index is 1.14. The number of hydrogen-bond donors (Lipinski definition) is 0. The molecule has 14 aromatic rings. The van der Waals surface area contributed by atoms with Crippen molar-refractivity contribution in [1.82, 2.24) is 0 Å². The lowest BCUT2D eigenvalue weighted by Gasteiger charge is -2.14. The lowest BCUT2D eigenvalue weighted by Crippen LogP contribution is -1.88. The van der Waals surface area contributed by atoms with Gasteiger partial charge in [-0.25, -0.2) is 0 Å². The first kappa shape index (κ1) is 89.7. The van der Waals surface area contributed by atoms with E-state index in [1.54, 1.807) is 11.1 Å². The van der Waals surface area contributed by atoms with E-state index in [0.717, 1.165) is 12.8 Å². The Morgan fingerprint density at radius 1 is 0.208 bits per heavy atom. The van der Waals surface area contributed by atoms with Gasteiger partial charge in [0.05, 0.1) is 0 Å². The van der Waals surface area contributed by atoms with Crippen molar-refractivity contribution < 1.29 is 0 Å². The van der Waals surface area contributed by atoms with Crippen molar-refractivity contribution >= 4 is 147 Å². The molecule has 0 atom stereocenters. The van der Waals surface area contributed by atoms with Gasteiger partial charge in [0, 0.05) is 68.3 Å². The van der Waals surface area contributed by atoms with Gasteiger partial charge in [0.15, 0.2) is 0 Å². The van der Waals surface area contributed by atoms with E-state index in [1.165, 1.54) is 415 Å². The van der Waals surface area contributed by atoms with Crippen LogP contribution in [0.15, 0.2) is 181 Å². The van der Waals surface area contributed by atoms with Gasteiger partial charge in [0.1, 0.15) is 0 Å². The Bertz CT molecular complexity index is 5030. The molecule has 0 unspecified atom stereocenters. The van der Waals surface area contributed by atoms with E-state index in [4.69, 9.17) is 0 Å². The molecule has 0 spiro atoms. The largest absolute Gasteiger partial charge is 0.143 e. The molecule has 0 amide bonds. The second-order valence-electron chi connectivity index (χ2n) is 34.5. The maximum atomic E-state index is 2.55. The van der Waals surface area contributed by atoms with E-state index in [2.05, 4.69) is 233 Å². The highest BCUT2D eigenvalue weighted by Crippen LogP contribution is 2.50. The van der Waals surface area contributed by atoms with Crippen LogP contribution < -0.4 is 0 Å². The molecule has 14 rings (SSSR count). The van der Waals surface area contributed by atoms with E-state index in [1.807, 2.05) is 90.7 Å². The van der Waals surface area contributed by atoms with Gasteiger partial charge in [-0.05, 0) is 223 Å². The molecule has 0 saturated carbocycles. The average Bonchev–Trinajstić information content (AvgIpc) is 1.56. The number of hydrogen-bond acceptors (Lipinski definition) is 8. The first-order valence-electron chi connectivity index (χ1n) is 47.5. The van der Waals surface area contributed by atoms with E-state index >= 15 is 0 Å². The molecule has 630 valence electrons. The standard InChI is InChI=1S/C112H134S8/c1-5-9-13-17-21-25-29-33-37-41-45-91-77-79-113-109(91)101-73-69-97(115-101)99-71-75-103(117-99)111-93(47-43-39-35-31-27-23-19-15-11-7-3)81-105(119-111)87-57-51-83(52-58-87)49-55-85-61-63-89-66-68-96-86(62-64-90-65-67-95(85)107(89)108(90)96)56-50-84-53-59-88(60-54-84)106-82-94(48-44-40-36-32-28-24-20-16-12-8-4)112(120-106)104-76-72-100(118-104)98-70-74-102(116-98)110-92(78-80-114-110)46-42-38-34-30-26-22-18-14-10-6-2/h49-82H,5-48H2,1-4H3. The Balaban J connectivity index is 0.632. The Labute approximate surface area is 755 Å². The van der Waals surface area contributed by atoms with E-state index in [-0.39, 0.29) is 0 Å². The monoisotopic (exact) mass is 1730 g/mol. The summed E-state index contributed by atoms with van der Waals surface area (Å²) in [5, 5.41) is 12.5. The predicted molar refractivity (Wildman–Crippen MR) is 550 cm³/mol. The fourth-order valence-electron chi connectivity index (χ4n) is 18.0. The molecule has 6 aromatic carbocycles. The quantitative estimate of drug-likeness (QED) is 0.0202. The molecule has 0 radical (unpaired) electrons. The molecule has 0 aliphatic carbocycles. The normalized spacial score (nSPS) is 12.1. The van der Waals surface area contributed by atoms with Crippen molar-refractivity contribution in [2.45, 2.75) is 310 Å². The molecule has 0 aliphatic rings. The highest BCUT2D eigenvalue weighted by atomic mass is 32.1. The van der Waals surface area contributed by atoms with Gasteiger partial charge in [-0.15, -0.1) is 90.7 Å². The van der Waals surface area contributed by atoms with Crippen LogP contribution in [-0.4, -0.2) is 0 Å². The van der Waals surface area contributed by atoms with Gasteiger partial charge in [0.25, 0.3) is 0 Å². The van der Waals surface area contributed by atoms with Gasteiger partial charge < -0.3 is 0 Å². The molecule has 0 saturated heterocycles. The Kier molecular flexibility index (Phi) is 36.4. The zero-order valence-corrected chi connectivity index (χ0v) is 79.5. The van der Waals surface area contributed by atoms with Crippen LogP contribution in [0.2, 0.25) is 0 Å². The third-order valence-electron chi connectivity index (χ3n) is 25.1. The summed E-state index contributed by atoms with van der Waals surface area (Å²) in [6.45, 7) is 9.26. The van der Waals surface area contributed by atoms with Crippen molar-refractivity contribution in [3.05, 3.63) is 225 Å². The SMILES string of the molecule is CCCCCCCCCCCCc1ccsc1-c1ccc(-c2ccc(-c3sc(-c4ccc(C=Cc5ccc6ccc7c(C=Cc8ccc(-c9cc(CCCCCCCCCCCC)c(-c%10ccc(-c%11ccc(-c%12sccc%12CCCCCCCCCCCC)s%11)s%10)s9)cc8)ccc8ccc5c6c87)cc4)cc3CCCCCCCCCCCC)s2)s1. The molecule has 8 heteroatoms. The van der Waals surface area contributed by atoms with Crippen LogP contribution >= 0.6 is 90.7 Å². The number of aryl methyl sites for hydroxylation is 4. The molecular weight excluding hydrogens is 1600 g/mol. The highest BCUT2D eigenvalue weighted by Gasteiger charge is 2.22. The fraction of sp³-hybridized carbons (Fsp3) is 0.429. The minimum absolute atomic E-state index is 1.14. The van der Waals surface area contributed by atoms with Crippen LogP contribution in [0.3, 0.4) is 0 Å². The number of rotatable bonds is 56. The molecular formula is C112H134S8. The average molecular weight is 1740 g/mol. The first-order valence-corrected chi connectivity index (χ1v) is 54.1. The molecule has 0 bridgehead atoms. The first-order chi connectivity index (χ1) is 59.4. The number of thiophene rings is 8. The van der Waals surface area contributed by atoms with Crippen molar-refractivity contribution in [2.24, 2.45) is 0 Å². The van der Waals surface area contributed by atoms with Crippen molar-refractivity contribution in [1.29, 1.82) is 0 Å². The van der Waals surface area contributed by atoms with E-state index < -0.39 is 0 Å². The molecule has 0 fully saturated rings. The van der Waals surface area contributed by atoms with Crippen LogP contribution in [0.4, 0.5) is 0 Å². The van der Waals surface area contributed by atoms with E-state index in [0.29, 0.717) is 0 Å². The maximum absolute atomic E-state index is 2.55. The fourth-order valence-corrected chi connectivity index (χ4v) is 27.2. The topological polar surface area (TPSA) is 0 Å². The summed E-state index contributed by atoms with van der Waals surface area (Å²) >= 11 is 15.8. The van der Waals surface area contributed by atoms with Gasteiger partial charge in [-0.3, -0.25) is 0 Å². The van der Waals surface area contributed by atoms with Crippen LogP contribution in [0.25, 0.3) is 136 Å². The van der Waals surface area contributed by atoms with Crippen molar-refractivity contribution in [2.75, 3.05) is 0 Å². The predicted octanol–water partition coefficient (Wildman–Crippen LogP) is 40.6. The summed E-state index contributed by atoms with van der Waals surface area (Å²) in [6, 6.07) is 66.6. The number of benzene rings is 6. The molecule has 8 heterocycles. The third-order valence-corrected chi connectivity index (χ3v) is 35.0. The van der Waals surface area contributed by atoms with Crippen LogP contribution in [0, 0.1) is 0 Å². The second kappa shape index (κ2) is 48.6. The summed E-state index contributed by atoms with van der Waals surface area (Å²) in [5.74, 6) is 0. The highest BCUT2D eigenvalue weighted by molar-refractivity contribution is 7.30. The van der Waals surface area contributed by atoms with Crippen LogP contribution in [-0.2, 0) is 25.7 Å². The molecule has 8 aromatic heterocycles. The Hall–Kier alpha value is -6.56. The number of unbranched alkanes of at least 4 members (excludes halogenated alkanes) is 36. The van der Waals surface area contributed by atoms with Gasteiger partial charge in [-0.1, -0.05) is 380 Å². The van der Waals surface area contributed by atoms with Crippen molar-refractivity contribution in [3.63, 3.8) is 0 Å².